The molecule has 0 saturated heterocycles. The zero-order valence-electron chi connectivity index (χ0n) is 14.7. The number of fused-ring (bicyclic) bond motifs is 1. The Labute approximate surface area is 152 Å². The number of carbonyl (C=O) groups is 1. The summed E-state index contributed by atoms with van der Waals surface area (Å²) in [6.45, 7) is 3.32. The zero-order chi connectivity index (χ0) is 17.9. The molecule has 1 aliphatic rings. The fourth-order valence-corrected chi connectivity index (χ4v) is 3.21. The number of benzene rings is 2. The van der Waals surface area contributed by atoms with Crippen molar-refractivity contribution in [2.45, 2.75) is 19.9 Å². The van der Waals surface area contributed by atoms with Gasteiger partial charge in [-0.2, -0.15) is 5.10 Å². The van der Waals surface area contributed by atoms with E-state index in [0.29, 0.717) is 13.1 Å². The maximum absolute atomic E-state index is 12.6. The van der Waals surface area contributed by atoms with Crippen LogP contribution in [-0.2, 0) is 17.8 Å². The molecule has 0 saturated carbocycles. The predicted octanol–water partition coefficient (Wildman–Crippen LogP) is 3.35. The summed E-state index contributed by atoms with van der Waals surface area (Å²) in [5.74, 6) is 0.714. The van der Waals surface area contributed by atoms with Gasteiger partial charge in [-0.15, -0.1) is 0 Å². The maximum atomic E-state index is 12.6. The lowest BCUT2D eigenvalue weighted by Gasteiger charge is -2.27. The van der Waals surface area contributed by atoms with Crippen molar-refractivity contribution in [3.8, 4) is 17.0 Å². The van der Waals surface area contributed by atoms with Crippen molar-refractivity contribution < 1.29 is 9.53 Å². The summed E-state index contributed by atoms with van der Waals surface area (Å²) >= 11 is 0. The standard InChI is InChI=1S/C21H21N3O2/c1-15-7-9-17(10-8-15)26-14-20(25)24-12-11-19-18(13-24)21(23-22-19)16-5-3-2-4-6-16/h2-10H,11-14H2,1H3,(H,22,23). The molecule has 1 aliphatic heterocycles. The maximum Gasteiger partial charge on any atom is 0.260 e. The Hall–Kier alpha value is -3.08. The highest BCUT2D eigenvalue weighted by atomic mass is 16.5. The first kappa shape index (κ1) is 16.4. The molecule has 0 fully saturated rings. The Morgan fingerprint density at radius 2 is 1.92 bits per heavy atom. The minimum absolute atomic E-state index is 0.00330. The predicted molar refractivity (Wildman–Crippen MR) is 99.8 cm³/mol. The van der Waals surface area contributed by atoms with Gasteiger partial charge in [-0.3, -0.25) is 9.89 Å². The monoisotopic (exact) mass is 347 g/mol. The van der Waals surface area contributed by atoms with Crippen molar-refractivity contribution in [3.05, 3.63) is 71.4 Å². The van der Waals surface area contributed by atoms with Gasteiger partial charge in [0.05, 0.1) is 5.69 Å². The van der Waals surface area contributed by atoms with Crippen molar-refractivity contribution >= 4 is 5.91 Å². The number of H-pyrrole nitrogens is 1. The molecule has 0 bridgehead atoms. The highest BCUT2D eigenvalue weighted by molar-refractivity contribution is 5.78. The van der Waals surface area contributed by atoms with Gasteiger partial charge in [0.25, 0.3) is 5.91 Å². The fraction of sp³-hybridized carbons (Fsp3) is 0.238. The molecule has 5 nitrogen and oxygen atoms in total. The number of aromatic amines is 1. The van der Waals surface area contributed by atoms with Gasteiger partial charge in [0.1, 0.15) is 5.75 Å². The second-order valence-corrected chi connectivity index (χ2v) is 6.56. The Balaban J connectivity index is 1.45. The molecule has 26 heavy (non-hydrogen) atoms. The molecular weight excluding hydrogens is 326 g/mol. The number of nitrogens with one attached hydrogen (secondary N) is 1. The molecule has 0 aliphatic carbocycles. The average Bonchev–Trinajstić information content (AvgIpc) is 3.11. The third-order valence-corrected chi connectivity index (χ3v) is 4.72. The van der Waals surface area contributed by atoms with Crippen LogP contribution in [-0.4, -0.2) is 34.2 Å². The smallest absolute Gasteiger partial charge is 0.260 e. The molecule has 2 aromatic carbocycles. The Morgan fingerprint density at radius 3 is 2.69 bits per heavy atom. The topological polar surface area (TPSA) is 58.2 Å². The second-order valence-electron chi connectivity index (χ2n) is 6.56. The Bertz CT molecular complexity index is 901. The van der Waals surface area contributed by atoms with Gasteiger partial charge in [0.15, 0.2) is 6.61 Å². The normalized spacial score (nSPS) is 13.3. The van der Waals surface area contributed by atoms with Crippen molar-refractivity contribution in [2.75, 3.05) is 13.2 Å². The van der Waals surface area contributed by atoms with E-state index in [0.717, 1.165) is 34.7 Å². The van der Waals surface area contributed by atoms with Gasteiger partial charge >= 0.3 is 0 Å². The minimum Gasteiger partial charge on any atom is -0.484 e. The van der Waals surface area contributed by atoms with Gasteiger partial charge in [0, 0.05) is 36.3 Å². The molecule has 5 heteroatoms. The number of nitrogens with zero attached hydrogens (tertiary/aromatic N) is 2. The second kappa shape index (κ2) is 7.04. The minimum atomic E-state index is -0.00330. The summed E-state index contributed by atoms with van der Waals surface area (Å²) in [6, 6.07) is 17.8. The number of hydrogen-bond acceptors (Lipinski definition) is 3. The van der Waals surface area contributed by atoms with Crippen molar-refractivity contribution in [1.29, 1.82) is 0 Å². The van der Waals surface area contributed by atoms with Crippen LogP contribution in [0.1, 0.15) is 16.8 Å². The summed E-state index contributed by atoms with van der Waals surface area (Å²) < 4.78 is 5.65. The molecule has 1 N–H and O–H groups in total. The van der Waals surface area contributed by atoms with E-state index in [4.69, 9.17) is 4.74 Å². The molecule has 0 unspecified atom stereocenters. The highest BCUT2D eigenvalue weighted by Crippen LogP contribution is 2.28. The number of ether oxygens (including phenoxy) is 1. The van der Waals surface area contributed by atoms with E-state index in [-0.39, 0.29) is 12.5 Å². The van der Waals surface area contributed by atoms with Crippen LogP contribution >= 0.6 is 0 Å². The Kier molecular flexibility index (Phi) is 4.44. The number of rotatable bonds is 4. The van der Waals surface area contributed by atoms with Crippen LogP contribution in [0.3, 0.4) is 0 Å². The molecule has 1 aromatic heterocycles. The summed E-state index contributed by atoms with van der Waals surface area (Å²) in [6.07, 6.45) is 0.783. The zero-order valence-corrected chi connectivity index (χ0v) is 14.7. The third-order valence-electron chi connectivity index (χ3n) is 4.72. The highest BCUT2D eigenvalue weighted by Gasteiger charge is 2.25. The van der Waals surface area contributed by atoms with Crippen molar-refractivity contribution in [2.24, 2.45) is 0 Å². The van der Waals surface area contributed by atoms with E-state index in [1.165, 1.54) is 5.56 Å². The summed E-state index contributed by atoms with van der Waals surface area (Å²) in [5, 5.41) is 7.60. The molecular formula is C21H21N3O2. The lowest BCUT2D eigenvalue weighted by atomic mass is 10.0. The quantitative estimate of drug-likeness (QED) is 0.787. The number of carbonyl (C=O) groups excluding carboxylic acids is 1. The van der Waals surface area contributed by atoms with E-state index < -0.39 is 0 Å². The molecule has 0 spiro atoms. The average molecular weight is 347 g/mol. The summed E-state index contributed by atoms with van der Waals surface area (Å²) in [7, 11) is 0. The van der Waals surface area contributed by atoms with E-state index in [1.807, 2.05) is 66.4 Å². The first-order valence-electron chi connectivity index (χ1n) is 8.79. The number of hydrogen-bond donors (Lipinski definition) is 1. The van der Waals surface area contributed by atoms with E-state index in [2.05, 4.69) is 10.2 Å². The van der Waals surface area contributed by atoms with Crippen LogP contribution < -0.4 is 4.74 Å². The van der Waals surface area contributed by atoms with E-state index >= 15 is 0 Å². The number of aryl methyl sites for hydroxylation is 1. The van der Waals surface area contributed by atoms with Crippen LogP contribution in [0.2, 0.25) is 0 Å². The lowest BCUT2D eigenvalue weighted by Crippen LogP contribution is -2.38. The van der Waals surface area contributed by atoms with Gasteiger partial charge in [-0.25, -0.2) is 0 Å². The molecule has 1 amide bonds. The van der Waals surface area contributed by atoms with Crippen LogP contribution in [0.4, 0.5) is 0 Å². The molecule has 4 rings (SSSR count). The SMILES string of the molecule is Cc1ccc(OCC(=O)N2CCc3[nH]nc(-c4ccccc4)c3C2)cc1. The van der Waals surface area contributed by atoms with Crippen LogP contribution in [0, 0.1) is 6.92 Å². The molecule has 2 heterocycles. The van der Waals surface area contributed by atoms with Crippen LogP contribution in [0.25, 0.3) is 11.3 Å². The lowest BCUT2D eigenvalue weighted by molar-refractivity contribution is -0.134. The summed E-state index contributed by atoms with van der Waals surface area (Å²) in [4.78, 5) is 14.4. The summed E-state index contributed by atoms with van der Waals surface area (Å²) in [5.41, 5.74) is 5.38. The molecule has 0 radical (unpaired) electrons. The van der Waals surface area contributed by atoms with Crippen molar-refractivity contribution in [3.63, 3.8) is 0 Å². The van der Waals surface area contributed by atoms with Crippen LogP contribution in [0.5, 0.6) is 5.75 Å². The fourth-order valence-electron chi connectivity index (χ4n) is 3.21. The number of aromatic nitrogens is 2. The molecule has 132 valence electrons. The van der Waals surface area contributed by atoms with Gasteiger partial charge in [0.2, 0.25) is 0 Å². The first-order chi connectivity index (χ1) is 12.7. The van der Waals surface area contributed by atoms with E-state index in [1.54, 1.807) is 0 Å². The Morgan fingerprint density at radius 1 is 1.15 bits per heavy atom. The molecule has 3 aromatic rings. The van der Waals surface area contributed by atoms with Crippen molar-refractivity contribution in [1.82, 2.24) is 15.1 Å². The van der Waals surface area contributed by atoms with Gasteiger partial charge in [-0.05, 0) is 19.1 Å². The van der Waals surface area contributed by atoms with E-state index in [9.17, 15) is 4.79 Å². The largest absolute Gasteiger partial charge is 0.484 e. The third kappa shape index (κ3) is 3.33. The van der Waals surface area contributed by atoms with Gasteiger partial charge < -0.3 is 9.64 Å². The first-order valence-corrected chi connectivity index (χ1v) is 8.79. The van der Waals surface area contributed by atoms with Gasteiger partial charge in [-0.1, -0.05) is 48.0 Å². The van der Waals surface area contributed by atoms with Crippen LogP contribution in [0.15, 0.2) is 54.6 Å². The molecule has 0 atom stereocenters. The number of amides is 1.